The number of nitrogens with one attached hydrogen (secondary N) is 1. The number of rotatable bonds is 4. The highest BCUT2D eigenvalue weighted by molar-refractivity contribution is 7.80. The van der Waals surface area contributed by atoms with Crippen LogP contribution >= 0.6 is 12.6 Å². The Bertz CT molecular complexity index is 653. The summed E-state index contributed by atoms with van der Waals surface area (Å²) in [6.07, 6.45) is 2.00. The highest BCUT2D eigenvalue weighted by atomic mass is 32.1. The topological polar surface area (TPSA) is 73.3 Å². The quantitative estimate of drug-likeness (QED) is 0.398. The second-order valence-corrected chi connectivity index (χ2v) is 5.99. The lowest BCUT2D eigenvalue weighted by Crippen LogP contribution is -2.12. The van der Waals surface area contributed by atoms with E-state index >= 15 is 0 Å². The van der Waals surface area contributed by atoms with Crippen molar-refractivity contribution in [2.45, 2.75) is 30.4 Å². The molecule has 0 unspecified atom stereocenters. The molecule has 3 rings (SSSR count). The minimum absolute atomic E-state index is 0.0952. The van der Waals surface area contributed by atoms with Crippen molar-refractivity contribution in [2.75, 3.05) is 0 Å². The first kappa shape index (κ1) is 14.4. The number of H-pyrrole nitrogens is 1. The third-order valence-electron chi connectivity index (χ3n) is 4.04. The molecular weight excluding hydrogens is 286 g/mol. The van der Waals surface area contributed by atoms with Gasteiger partial charge in [0.05, 0.1) is 11.3 Å². The van der Waals surface area contributed by atoms with Gasteiger partial charge >= 0.3 is 0 Å². The maximum atomic E-state index is 12.5. The number of benzene rings is 1. The smallest absolute Gasteiger partial charge is 0.194 e. The SMILES string of the molecule is O=C(CC1Cc2ccccc2C1)c1c(S)c[nH]c1C(O)O. The monoisotopic (exact) mass is 303 g/mol. The number of hydrogen-bond acceptors (Lipinski definition) is 4. The number of Topliss-reactive ketones (excluding diaryl/α,β-unsaturated/α-hetero) is 1. The Morgan fingerprint density at radius 2 is 1.90 bits per heavy atom. The molecule has 1 heterocycles. The van der Waals surface area contributed by atoms with Crippen LogP contribution in [0.15, 0.2) is 35.4 Å². The molecule has 1 aromatic carbocycles. The van der Waals surface area contributed by atoms with Gasteiger partial charge in [-0.25, -0.2) is 0 Å². The highest BCUT2D eigenvalue weighted by Crippen LogP contribution is 2.31. The lowest BCUT2D eigenvalue weighted by Gasteiger charge is -2.10. The zero-order valence-electron chi connectivity index (χ0n) is 11.4. The number of thiol groups is 1. The predicted molar refractivity (Wildman–Crippen MR) is 81.5 cm³/mol. The van der Waals surface area contributed by atoms with Gasteiger partial charge in [0.25, 0.3) is 0 Å². The molecule has 0 saturated carbocycles. The maximum absolute atomic E-state index is 12.5. The van der Waals surface area contributed by atoms with Crippen LogP contribution in [0, 0.1) is 5.92 Å². The normalized spacial score (nSPS) is 14.7. The van der Waals surface area contributed by atoms with Gasteiger partial charge in [0.1, 0.15) is 0 Å². The molecule has 4 nitrogen and oxygen atoms in total. The molecule has 5 heteroatoms. The summed E-state index contributed by atoms with van der Waals surface area (Å²) in [5.41, 5.74) is 3.03. The molecule has 0 amide bonds. The van der Waals surface area contributed by atoms with E-state index in [1.165, 1.54) is 17.3 Å². The van der Waals surface area contributed by atoms with E-state index < -0.39 is 6.29 Å². The van der Waals surface area contributed by atoms with Crippen LogP contribution in [0.25, 0.3) is 0 Å². The zero-order chi connectivity index (χ0) is 15.0. The minimum atomic E-state index is -1.69. The van der Waals surface area contributed by atoms with Crippen LogP contribution in [0.4, 0.5) is 0 Å². The van der Waals surface area contributed by atoms with E-state index in [1.807, 2.05) is 12.1 Å². The van der Waals surface area contributed by atoms with Gasteiger partial charge < -0.3 is 15.2 Å². The van der Waals surface area contributed by atoms with Crippen molar-refractivity contribution < 1.29 is 15.0 Å². The summed E-state index contributed by atoms with van der Waals surface area (Å²) in [5.74, 6) is 0.170. The molecule has 0 atom stereocenters. The number of aliphatic hydroxyl groups is 2. The summed E-state index contributed by atoms with van der Waals surface area (Å²) in [6, 6.07) is 8.23. The Morgan fingerprint density at radius 1 is 1.29 bits per heavy atom. The largest absolute Gasteiger partial charge is 0.363 e. The predicted octanol–water partition coefficient (Wildman–Crippen LogP) is 2.27. The molecule has 1 aromatic heterocycles. The number of hydrogen-bond donors (Lipinski definition) is 4. The molecule has 0 aliphatic heterocycles. The van der Waals surface area contributed by atoms with E-state index in [0.29, 0.717) is 16.9 Å². The molecule has 2 aromatic rings. The lowest BCUT2D eigenvalue weighted by atomic mass is 9.95. The van der Waals surface area contributed by atoms with Gasteiger partial charge in [0.2, 0.25) is 0 Å². The van der Waals surface area contributed by atoms with Crippen LogP contribution in [0.1, 0.15) is 39.9 Å². The fourth-order valence-corrected chi connectivity index (χ4v) is 3.39. The van der Waals surface area contributed by atoms with E-state index in [-0.39, 0.29) is 17.4 Å². The van der Waals surface area contributed by atoms with Gasteiger partial charge in [0, 0.05) is 17.5 Å². The van der Waals surface area contributed by atoms with Crippen LogP contribution in [0.5, 0.6) is 0 Å². The van der Waals surface area contributed by atoms with Crippen molar-refractivity contribution in [3.63, 3.8) is 0 Å². The standard InChI is InChI=1S/C16H17NO3S/c18-12(14-13(21)8-17-15(14)16(19)20)7-9-5-10-3-1-2-4-11(10)6-9/h1-4,8-9,16-17,19-21H,5-7H2. The van der Waals surface area contributed by atoms with Gasteiger partial charge in [-0.1, -0.05) is 24.3 Å². The molecule has 110 valence electrons. The number of aromatic amines is 1. The fourth-order valence-electron chi connectivity index (χ4n) is 3.08. The molecule has 0 radical (unpaired) electrons. The van der Waals surface area contributed by atoms with Gasteiger partial charge in [-0.05, 0) is 29.9 Å². The fraction of sp³-hybridized carbons (Fsp3) is 0.312. The van der Waals surface area contributed by atoms with Gasteiger partial charge in [0.15, 0.2) is 12.1 Å². The number of ketones is 1. The Labute approximate surface area is 128 Å². The van der Waals surface area contributed by atoms with Gasteiger partial charge in [-0.15, -0.1) is 12.6 Å². The van der Waals surface area contributed by atoms with Crippen molar-refractivity contribution >= 4 is 18.4 Å². The summed E-state index contributed by atoms with van der Waals surface area (Å²) in [5, 5.41) is 18.6. The van der Waals surface area contributed by atoms with E-state index in [2.05, 4.69) is 29.7 Å². The van der Waals surface area contributed by atoms with Crippen LogP contribution < -0.4 is 0 Å². The van der Waals surface area contributed by atoms with Crippen molar-refractivity contribution in [3.05, 3.63) is 52.8 Å². The number of carbonyl (C=O) groups excluding carboxylic acids is 1. The minimum Gasteiger partial charge on any atom is -0.363 e. The molecule has 21 heavy (non-hydrogen) atoms. The molecule has 0 spiro atoms. The van der Waals surface area contributed by atoms with E-state index in [4.69, 9.17) is 0 Å². The van der Waals surface area contributed by atoms with Crippen LogP contribution in [-0.2, 0) is 12.8 Å². The third kappa shape index (κ3) is 2.77. The summed E-state index contributed by atoms with van der Waals surface area (Å²) >= 11 is 4.22. The first-order chi connectivity index (χ1) is 10.1. The average Bonchev–Trinajstić information content (AvgIpc) is 3.01. The molecule has 1 aliphatic carbocycles. The molecule has 0 bridgehead atoms. The Kier molecular flexibility index (Phi) is 3.89. The summed E-state index contributed by atoms with van der Waals surface area (Å²) in [6.45, 7) is 0. The van der Waals surface area contributed by atoms with Crippen molar-refractivity contribution in [1.29, 1.82) is 0 Å². The lowest BCUT2D eigenvalue weighted by molar-refractivity contribution is -0.0459. The molecule has 1 aliphatic rings. The van der Waals surface area contributed by atoms with E-state index in [1.54, 1.807) is 0 Å². The molecular formula is C16H17NO3S. The third-order valence-corrected chi connectivity index (χ3v) is 4.39. The van der Waals surface area contributed by atoms with Crippen LogP contribution in [0.2, 0.25) is 0 Å². The number of carbonyl (C=O) groups is 1. The molecule has 0 saturated heterocycles. The van der Waals surface area contributed by atoms with E-state index in [0.717, 1.165) is 12.8 Å². The summed E-state index contributed by atoms with van der Waals surface area (Å²) in [7, 11) is 0. The number of fused-ring (bicyclic) bond motifs is 1. The number of aliphatic hydroxyl groups excluding tert-OH is 1. The second-order valence-electron chi connectivity index (χ2n) is 5.51. The van der Waals surface area contributed by atoms with E-state index in [9.17, 15) is 15.0 Å². The first-order valence-electron chi connectivity index (χ1n) is 6.92. The van der Waals surface area contributed by atoms with Gasteiger partial charge in [-0.3, -0.25) is 4.79 Å². The number of aromatic nitrogens is 1. The van der Waals surface area contributed by atoms with Crippen LogP contribution in [-0.4, -0.2) is 21.0 Å². The zero-order valence-corrected chi connectivity index (χ0v) is 12.3. The van der Waals surface area contributed by atoms with Crippen molar-refractivity contribution in [2.24, 2.45) is 5.92 Å². The van der Waals surface area contributed by atoms with Crippen LogP contribution in [0.3, 0.4) is 0 Å². The highest BCUT2D eigenvalue weighted by Gasteiger charge is 2.27. The maximum Gasteiger partial charge on any atom is 0.194 e. The van der Waals surface area contributed by atoms with Crippen molar-refractivity contribution in [1.82, 2.24) is 4.98 Å². The second kappa shape index (κ2) is 5.67. The Hall–Kier alpha value is -1.56. The average molecular weight is 303 g/mol. The first-order valence-corrected chi connectivity index (χ1v) is 7.37. The van der Waals surface area contributed by atoms with Crippen molar-refractivity contribution in [3.8, 4) is 0 Å². The van der Waals surface area contributed by atoms with Gasteiger partial charge in [-0.2, -0.15) is 0 Å². The Morgan fingerprint density at radius 3 is 2.48 bits per heavy atom. The summed E-state index contributed by atoms with van der Waals surface area (Å²) in [4.78, 5) is 15.6. The Balaban J connectivity index is 1.75. The molecule has 3 N–H and O–H groups in total. The molecule has 0 fully saturated rings. The summed E-state index contributed by atoms with van der Waals surface area (Å²) < 4.78 is 0.